The molecular weight excluding hydrogens is 370 g/mol. The zero-order valence-corrected chi connectivity index (χ0v) is 16.9. The molecule has 8 nitrogen and oxygen atoms in total. The largest absolute Gasteiger partial charge is 0.497 e. The third kappa shape index (κ3) is 5.17. The molecule has 29 heavy (non-hydrogen) atoms. The molecule has 4 N–H and O–H groups in total. The van der Waals surface area contributed by atoms with Crippen molar-refractivity contribution in [1.29, 1.82) is 0 Å². The molecule has 1 atom stereocenters. The van der Waals surface area contributed by atoms with Crippen molar-refractivity contribution in [2.75, 3.05) is 32.7 Å². The predicted molar refractivity (Wildman–Crippen MR) is 112 cm³/mol. The Labute approximate surface area is 170 Å². The van der Waals surface area contributed by atoms with Gasteiger partial charge in [0.25, 0.3) is 0 Å². The van der Waals surface area contributed by atoms with Crippen LogP contribution in [-0.4, -0.2) is 42.6 Å². The van der Waals surface area contributed by atoms with Crippen LogP contribution >= 0.6 is 0 Å². The molecule has 0 spiro atoms. The van der Waals surface area contributed by atoms with Crippen LogP contribution in [0.15, 0.2) is 42.5 Å². The lowest BCUT2D eigenvalue weighted by Gasteiger charge is -2.13. The Bertz CT molecular complexity index is 928. The molecule has 0 radical (unpaired) electrons. The zero-order chi connectivity index (χ0) is 20.6. The molecule has 1 heterocycles. The van der Waals surface area contributed by atoms with Crippen LogP contribution in [0.3, 0.4) is 0 Å². The van der Waals surface area contributed by atoms with Gasteiger partial charge in [0.05, 0.1) is 26.9 Å². The Kier molecular flexibility index (Phi) is 6.91. The number of benzene rings is 2. The molecule has 2 aromatic carbocycles. The van der Waals surface area contributed by atoms with Crippen molar-refractivity contribution in [3.63, 3.8) is 0 Å². The van der Waals surface area contributed by atoms with Crippen LogP contribution in [-0.2, 0) is 6.42 Å². The number of hydrogen-bond acceptors (Lipinski definition) is 7. The van der Waals surface area contributed by atoms with Crippen molar-refractivity contribution in [3.05, 3.63) is 59.7 Å². The van der Waals surface area contributed by atoms with Gasteiger partial charge in [-0.05, 0) is 36.8 Å². The van der Waals surface area contributed by atoms with E-state index in [9.17, 15) is 0 Å². The van der Waals surface area contributed by atoms with E-state index in [-0.39, 0.29) is 0 Å². The highest BCUT2D eigenvalue weighted by Gasteiger charge is 2.17. The van der Waals surface area contributed by atoms with Crippen LogP contribution in [0.4, 0.5) is 5.69 Å². The maximum absolute atomic E-state index is 6.37. The number of nitrogens with one attached hydrogen (secondary N) is 2. The second-order valence-electron chi connectivity index (χ2n) is 6.37. The van der Waals surface area contributed by atoms with Gasteiger partial charge in [-0.1, -0.05) is 12.1 Å². The Morgan fingerprint density at radius 2 is 1.97 bits per heavy atom. The van der Waals surface area contributed by atoms with Gasteiger partial charge in [0.2, 0.25) is 0 Å². The zero-order valence-electron chi connectivity index (χ0n) is 16.9. The normalized spacial score (nSPS) is 11.7. The van der Waals surface area contributed by atoms with E-state index in [2.05, 4.69) is 20.5 Å². The molecule has 1 aromatic heterocycles. The lowest BCUT2D eigenvalue weighted by Crippen LogP contribution is -2.14. The van der Waals surface area contributed by atoms with Crippen molar-refractivity contribution in [3.8, 4) is 17.2 Å². The van der Waals surface area contributed by atoms with E-state index in [1.165, 1.54) is 0 Å². The first-order valence-electron chi connectivity index (χ1n) is 9.50. The van der Waals surface area contributed by atoms with E-state index < -0.39 is 6.04 Å². The summed E-state index contributed by atoms with van der Waals surface area (Å²) in [6, 6.07) is 12.9. The summed E-state index contributed by atoms with van der Waals surface area (Å²) in [6.07, 6.45) is 0.684. The van der Waals surface area contributed by atoms with E-state index in [1.807, 2.05) is 49.4 Å². The topological polar surface area (TPSA) is 107 Å². The van der Waals surface area contributed by atoms with E-state index in [0.717, 1.165) is 22.8 Å². The summed E-state index contributed by atoms with van der Waals surface area (Å²) in [7, 11) is 3.26. The van der Waals surface area contributed by atoms with Crippen LogP contribution < -0.4 is 25.3 Å². The van der Waals surface area contributed by atoms with Gasteiger partial charge >= 0.3 is 0 Å². The smallest absolute Gasteiger partial charge is 0.171 e. The van der Waals surface area contributed by atoms with E-state index in [4.69, 9.17) is 19.9 Å². The minimum absolute atomic E-state index is 0.462. The summed E-state index contributed by atoms with van der Waals surface area (Å²) in [5.41, 5.74) is 8.21. The number of nitrogens with zero attached hydrogens (tertiary/aromatic N) is 2. The van der Waals surface area contributed by atoms with Crippen LogP contribution in [0, 0.1) is 0 Å². The van der Waals surface area contributed by atoms with Crippen molar-refractivity contribution in [2.45, 2.75) is 19.4 Å². The van der Waals surface area contributed by atoms with Crippen molar-refractivity contribution in [2.24, 2.45) is 5.73 Å². The van der Waals surface area contributed by atoms with Crippen LogP contribution in [0.1, 0.15) is 30.2 Å². The number of nitrogens with two attached hydrogens (primary N) is 1. The first kappa shape index (κ1) is 20.5. The molecule has 3 aromatic rings. The highest BCUT2D eigenvalue weighted by Crippen LogP contribution is 2.31. The first-order chi connectivity index (χ1) is 14.1. The summed E-state index contributed by atoms with van der Waals surface area (Å²) in [5, 5.41) is 10.6. The molecule has 0 saturated carbocycles. The second-order valence-corrected chi connectivity index (χ2v) is 6.37. The molecular formula is C21H27N5O3. The fourth-order valence-electron chi connectivity index (χ4n) is 2.92. The molecule has 0 amide bonds. The quantitative estimate of drug-likeness (QED) is 0.483. The highest BCUT2D eigenvalue weighted by molar-refractivity contribution is 5.48. The number of aromatic nitrogens is 3. The lowest BCUT2D eigenvalue weighted by molar-refractivity contribution is 0.310. The van der Waals surface area contributed by atoms with Gasteiger partial charge in [0.1, 0.15) is 11.6 Å². The average molecular weight is 397 g/mol. The molecule has 0 bridgehead atoms. The molecule has 3 rings (SSSR count). The number of methoxy groups -OCH3 is 2. The van der Waals surface area contributed by atoms with Crippen molar-refractivity contribution >= 4 is 5.69 Å². The standard InChI is InChI=1S/C21H27N5O3/c1-4-29-18-12-14(8-9-17(18)28-3)20(22)21-24-19(25-26-21)10-11-23-15-6-5-7-16(13-15)27-2/h5-9,12-13,20,23H,4,10-11,22H2,1-3H3,(H,24,25,26)/t20-/m1/s1. The maximum atomic E-state index is 6.37. The fourth-order valence-corrected chi connectivity index (χ4v) is 2.92. The minimum atomic E-state index is -0.462. The number of aromatic amines is 1. The summed E-state index contributed by atoms with van der Waals surface area (Å²) in [6.45, 7) is 3.17. The van der Waals surface area contributed by atoms with E-state index in [1.54, 1.807) is 14.2 Å². The van der Waals surface area contributed by atoms with Gasteiger partial charge < -0.3 is 25.3 Å². The fraction of sp³-hybridized carbons (Fsp3) is 0.333. The van der Waals surface area contributed by atoms with Crippen molar-refractivity contribution in [1.82, 2.24) is 15.2 Å². The molecule has 0 fully saturated rings. The Morgan fingerprint density at radius 1 is 1.10 bits per heavy atom. The van der Waals surface area contributed by atoms with E-state index >= 15 is 0 Å². The molecule has 0 aliphatic heterocycles. The lowest BCUT2D eigenvalue weighted by atomic mass is 10.1. The average Bonchev–Trinajstić information content (AvgIpc) is 3.22. The summed E-state index contributed by atoms with van der Waals surface area (Å²) in [4.78, 5) is 4.54. The highest BCUT2D eigenvalue weighted by atomic mass is 16.5. The number of rotatable bonds is 10. The Hall–Kier alpha value is -3.26. The van der Waals surface area contributed by atoms with Gasteiger partial charge in [-0.25, -0.2) is 4.98 Å². The molecule has 0 unspecified atom stereocenters. The van der Waals surface area contributed by atoms with E-state index in [0.29, 0.717) is 36.9 Å². The predicted octanol–water partition coefficient (Wildman–Crippen LogP) is 2.92. The first-order valence-corrected chi connectivity index (χ1v) is 9.50. The third-order valence-electron chi connectivity index (χ3n) is 4.43. The van der Waals surface area contributed by atoms with Crippen molar-refractivity contribution < 1.29 is 14.2 Å². The summed E-state index contributed by atoms with van der Waals surface area (Å²) < 4.78 is 16.2. The van der Waals surface area contributed by atoms with Gasteiger partial charge in [0, 0.05) is 24.7 Å². The number of ether oxygens (including phenoxy) is 3. The summed E-state index contributed by atoms with van der Waals surface area (Å²) in [5.74, 6) is 3.44. The van der Waals surface area contributed by atoms with Crippen LogP contribution in [0.25, 0.3) is 0 Å². The van der Waals surface area contributed by atoms with Gasteiger partial charge in [0.15, 0.2) is 17.3 Å². The molecule has 154 valence electrons. The molecule has 8 heteroatoms. The molecule has 0 aliphatic carbocycles. The van der Waals surface area contributed by atoms with Crippen LogP contribution in [0.2, 0.25) is 0 Å². The second kappa shape index (κ2) is 9.79. The Balaban J connectivity index is 1.62. The third-order valence-corrected chi connectivity index (χ3v) is 4.43. The number of anilines is 1. The number of hydrogen-bond donors (Lipinski definition) is 3. The van der Waals surface area contributed by atoms with Crippen LogP contribution in [0.5, 0.6) is 17.2 Å². The molecule has 0 aliphatic rings. The Morgan fingerprint density at radius 3 is 2.72 bits per heavy atom. The van der Waals surface area contributed by atoms with Gasteiger partial charge in [-0.3, -0.25) is 5.10 Å². The number of H-pyrrole nitrogens is 1. The van der Waals surface area contributed by atoms with Gasteiger partial charge in [-0.2, -0.15) is 5.10 Å². The summed E-state index contributed by atoms with van der Waals surface area (Å²) >= 11 is 0. The van der Waals surface area contributed by atoms with Gasteiger partial charge in [-0.15, -0.1) is 0 Å². The SMILES string of the molecule is CCOc1cc([C@@H](N)c2n[nH]c(CCNc3cccc(OC)c3)n2)ccc1OC. The maximum Gasteiger partial charge on any atom is 0.171 e. The monoisotopic (exact) mass is 397 g/mol. The molecule has 0 saturated heterocycles. The minimum Gasteiger partial charge on any atom is -0.497 e.